The van der Waals surface area contributed by atoms with E-state index in [4.69, 9.17) is 0 Å². The van der Waals surface area contributed by atoms with Gasteiger partial charge in [0, 0.05) is 24.5 Å². The van der Waals surface area contributed by atoms with Crippen molar-refractivity contribution in [3.63, 3.8) is 0 Å². The van der Waals surface area contributed by atoms with Gasteiger partial charge in [0.1, 0.15) is 0 Å². The molecule has 0 bridgehead atoms. The van der Waals surface area contributed by atoms with Crippen molar-refractivity contribution in [1.82, 2.24) is 10.3 Å². The topological polar surface area (TPSA) is 45.1 Å². The van der Waals surface area contributed by atoms with Gasteiger partial charge < -0.3 is 10.4 Å². The van der Waals surface area contributed by atoms with Crippen LogP contribution in [-0.4, -0.2) is 23.2 Å². The van der Waals surface area contributed by atoms with Gasteiger partial charge in [0.05, 0.1) is 6.10 Å². The standard InChI is InChI=1S/C10H16N2O/c1-3-11-7-10(13)9-4-8(2)5-12-6-9/h4-6,10-11,13H,3,7H2,1-2H3. The van der Waals surface area contributed by atoms with Gasteiger partial charge in [0.25, 0.3) is 0 Å². The average molecular weight is 180 g/mol. The third kappa shape index (κ3) is 3.13. The number of nitrogens with zero attached hydrogens (tertiary/aromatic N) is 1. The van der Waals surface area contributed by atoms with Crippen LogP contribution in [0.4, 0.5) is 0 Å². The van der Waals surface area contributed by atoms with E-state index in [2.05, 4.69) is 10.3 Å². The van der Waals surface area contributed by atoms with E-state index in [-0.39, 0.29) is 0 Å². The first-order chi connectivity index (χ1) is 6.24. The molecule has 3 nitrogen and oxygen atoms in total. The minimum Gasteiger partial charge on any atom is -0.387 e. The molecule has 13 heavy (non-hydrogen) atoms. The van der Waals surface area contributed by atoms with E-state index in [0.717, 1.165) is 17.7 Å². The molecule has 0 aliphatic carbocycles. The Kier molecular flexibility index (Phi) is 3.86. The summed E-state index contributed by atoms with van der Waals surface area (Å²) in [4.78, 5) is 4.03. The summed E-state index contributed by atoms with van der Waals surface area (Å²) in [6.07, 6.45) is 3.03. The summed E-state index contributed by atoms with van der Waals surface area (Å²) in [5.74, 6) is 0. The highest BCUT2D eigenvalue weighted by Crippen LogP contribution is 2.11. The Morgan fingerprint density at radius 3 is 2.92 bits per heavy atom. The molecule has 0 saturated heterocycles. The minimum absolute atomic E-state index is 0.452. The van der Waals surface area contributed by atoms with Crippen molar-refractivity contribution in [3.05, 3.63) is 29.6 Å². The Bertz CT molecular complexity index is 263. The fourth-order valence-corrected chi connectivity index (χ4v) is 1.16. The molecular weight excluding hydrogens is 164 g/mol. The van der Waals surface area contributed by atoms with E-state index in [1.165, 1.54) is 0 Å². The smallest absolute Gasteiger partial charge is 0.0929 e. The maximum atomic E-state index is 9.67. The van der Waals surface area contributed by atoms with Gasteiger partial charge in [-0.25, -0.2) is 0 Å². The van der Waals surface area contributed by atoms with Crippen molar-refractivity contribution in [2.24, 2.45) is 0 Å². The third-order valence-corrected chi connectivity index (χ3v) is 1.87. The predicted molar refractivity (Wildman–Crippen MR) is 52.5 cm³/mol. The quantitative estimate of drug-likeness (QED) is 0.727. The van der Waals surface area contributed by atoms with Gasteiger partial charge in [0.2, 0.25) is 0 Å². The first-order valence-electron chi connectivity index (χ1n) is 4.54. The number of likely N-dealkylation sites (N-methyl/N-ethyl adjacent to an activating group) is 1. The molecule has 1 aromatic heterocycles. The van der Waals surface area contributed by atoms with Crippen molar-refractivity contribution < 1.29 is 5.11 Å². The monoisotopic (exact) mass is 180 g/mol. The summed E-state index contributed by atoms with van der Waals surface area (Å²) < 4.78 is 0. The number of hydrogen-bond donors (Lipinski definition) is 2. The molecule has 1 aromatic rings. The first kappa shape index (κ1) is 10.2. The van der Waals surface area contributed by atoms with Crippen molar-refractivity contribution in [2.45, 2.75) is 20.0 Å². The summed E-state index contributed by atoms with van der Waals surface area (Å²) in [7, 11) is 0. The molecule has 1 heterocycles. The molecule has 1 unspecified atom stereocenters. The van der Waals surface area contributed by atoms with Crippen LogP contribution >= 0.6 is 0 Å². The van der Waals surface area contributed by atoms with Crippen LogP contribution in [0, 0.1) is 6.92 Å². The number of rotatable bonds is 4. The Labute approximate surface area is 78.8 Å². The molecule has 1 rings (SSSR count). The molecule has 0 radical (unpaired) electrons. The maximum absolute atomic E-state index is 9.67. The number of aryl methyl sites for hydroxylation is 1. The molecule has 0 saturated carbocycles. The van der Waals surface area contributed by atoms with Crippen molar-refractivity contribution in [1.29, 1.82) is 0 Å². The molecule has 1 atom stereocenters. The van der Waals surface area contributed by atoms with E-state index in [9.17, 15) is 5.11 Å². The van der Waals surface area contributed by atoms with Crippen LogP contribution in [0.2, 0.25) is 0 Å². The number of aliphatic hydroxyl groups excluding tert-OH is 1. The summed E-state index contributed by atoms with van der Waals surface area (Å²) >= 11 is 0. The third-order valence-electron chi connectivity index (χ3n) is 1.87. The largest absolute Gasteiger partial charge is 0.387 e. The number of pyridine rings is 1. The summed E-state index contributed by atoms with van der Waals surface area (Å²) in [5.41, 5.74) is 1.95. The van der Waals surface area contributed by atoms with E-state index in [1.54, 1.807) is 12.4 Å². The van der Waals surface area contributed by atoms with Crippen LogP contribution in [0.25, 0.3) is 0 Å². The number of aromatic nitrogens is 1. The van der Waals surface area contributed by atoms with Crippen LogP contribution in [0.1, 0.15) is 24.2 Å². The van der Waals surface area contributed by atoms with E-state index in [0.29, 0.717) is 6.54 Å². The van der Waals surface area contributed by atoms with E-state index in [1.807, 2.05) is 19.9 Å². The molecule has 0 aromatic carbocycles. The lowest BCUT2D eigenvalue weighted by atomic mass is 10.1. The van der Waals surface area contributed by atoms with Crippen molar-refractivity contribution in [3.8, 4) is 0 Å². The van der Waals surface area contributed by atoms with Crippen LogP contribution in [0.15, 0.2) is 18.5 Å². The zero-order chi connectivity index (χ0) is 9.68. The van der Waals surface area contributed by atoms with Gasteiger partial charge in [-0.1, -0.05) is 13.0 Å². The summed E-state index contributed by atoms with van der Waals surface area (Å²) in [6, 6.07) is 1.95. The highest BCUT2D eigenvalue weighted by Gasteiger charge is 2.06. The highest BCUT2D eigenvalue weighted by molar-refractivity contribution is 5.18. The second kappa shape index (κ2) is 4.94. The first-order valence-corrected chi connectivity index (χ1v) is 4.54. The molecule has 72 valence electrons. The Hall–Kier alpha value is -0.930. The van der Waals surface area contributed by atoms with Gasteiger partial charge in [-0.2, -0.15) is 0 Å². The minimum atomic E-state index is -0.452. The lowest BCUT2D eigenvalue weighted by Gasteiger charge is -2.10. The van der Waals surface area contributed by atoms with Crippen LogP contribution in [0.5, 0.6) is 0 Å². The molecular formula is C10H16N2O. The fourth-order valence-electron chi connectivity index (χ4n) is 1.16. The Morgan fingerprint density at radius 2 is 2.31 bits per heavy atom. The lowest BCUT2D eigenvalue weighted by molar-refractivity contribution is 0.175. The zero-order valence-electron chi connectivity index (χ0n) is 8.12. The Morgan fingerprint density at radius 1 is 1.54 bits per heavy atom. The van der Waals surface area contributed by atoms with Gasteiger partial charge in [-0.05, 0) is 19.0 Å². The van der Waals surface area contributed by atoms with E-state index >= 15 is 0 Å². The second-order valence-electron chi connectivity index (χ2n) is 3.12. The lowest BCUT2D eigenvalue weighted by Crippen LogP contribution is -2.20. The predicted octanol–water partition coefficient (Wildman–Crippen LogP) is 1.03. The molecule has 3 heteroatoms. The molecule has 0 spiro atoms. The normalized spacial score (nSPS) is 12.8. The van der Waals surface area contributed by atoms with Crippen molar-refractivity contribution in [2.75, 3.05) is 13.1 Å². The number of hydrogen-bond acceptors (Lipinski definition) is 3. The van der Waals surface area contributed by atoms with Crippen LogP contribution in [-0.2, 0) is 0 Å². The molecule has 2 N–H and O–H groups in total. The number of nitrogens with one attached hydrogen (secondary N) is 1. The number of aliphatic hydroxyl groups is 1. The molecule has 0 aliphatic heterocycles. The van der Waals surface area contributed by atoms with E-state index < -0.39 is 6.10 Å². The average Bonchev–Trinajstić information content (AvgIpc) is 2.14. The van der Waals surface area contributed by atoms with Crippen LogP contribution in [0.3, 0.4) is 0 Å². The van der Waals surface area contributed by atoms with Crippen LogP contribution < -0.4 is 5.32 Å². The fraction of sp³-hybridized carbons (Fsp3) is 0.500. The van der Waals surface area contributed by atoms with Gasteiger partial charge in [0.15, 0.2) is 0 Å². The maximum Gasteiger partial charge on any atom is 0.0929 e. The SMILES string of the molecule is CCNCC(O)c1cncc(C)c1. The zero-order valence-corrected chi connectivity index (χ0v) is 8.12. The molecule has 0 aliphatic rings. The highest BCUT2D eigenvalue weighted by atomic mass is 16.3. The summed E-state index contributed by atoms with van der Waals surface area (Å²) in [6.45, 7) is 5.44. The second-order valence-corrected chi connectivity index (χ2v) is 3.12. The van der Waals surface area contributed by atoms with Gasteiger partial charge >= 0.3 is 0 Å². The molecule has 0 fully saturated rings. The van der Waals surface area contributed by atoms with Gasteiger partial charge in [-0.15, -0.1) is 0 Å². The summed E-state index contributed by atoms with van der Waals surface area (Å²) in [5, 5.41) is 12.8. The van der Waals surface area contributed by atoms with Crippen molar-refractivity contribution >= 4 is 0 Å². The molecule has 0 amide bonds. The van der Waals surface area contributed by atoms with Gasteiger partial charge in [-0.3, -0.25) is 4.98 Å². The Balaban J connectivity index is 2.60.